The summed E-state index contributed by atoms with van der Waals surface area (Å²) in [7, 11) is 1.50. The van der Waals surface area contributed by atoms with Crippen molar-refractivity contribution in [3.05, 3.63) is 59.4 Å². The minimum absolute atomic E-state index is 0.172. The van der Waals surface area contributed by atoms with Gasteiger partial charge in [-0.15, -0.1) is 5.10 Å². The summed E-state index contributed by atoms with van der Waals surface area (Å²) in [5.41, 5.74) is 1.54. The number of alkyl halides is 3. The van der Waals surface area contributed by atoms with E-state index in [0.29, 0.717) is 5.82 Å². The van der Waals surface area contributed by atoms with Gasteiger partial charge in [-0.2, -0.15) is 18.3 Å². The number of carbonyl (C=O) groups excluding carboxylic acids is 1. The van der Waals surface area contributed by atoms with Gasteiger partial charge in [-0.25, -0.2) is 9.67 Å². The van der Waals surface area contributed by atoms with Gasteiger partial charge >= 0.3 is 6.18 Å². The van der Waals surface area contributed by atoms with Gasteiger partial charge in [-0.3, -0.25) is 9.48 Å². The maximum absolute atomic E-state index is 13.5. The van der Waals surface area contributed by atoms with Crippen LogP contribution in [0, 0.1) is 6.92 Å². The number of hydrogen-bond acceptors (Lipinski definition) is 4. The van der Waals surface area contributed by atoms with Gasteiger partial charge in [-0.1, -0.05) is 32.0 Å². The van der Waals surface area contributed by atoms with Gasteiger partial charge in [0.05, 0.1) is 11.9 Å². The zero-order chi connectivity index (χ0) is 21.3. The molecule has 0 saturated carbocycles. The van der Waals surface area contributed by atoms with Crippen LogP contribution in [0.1, 0.15) is 53.4 Å². The fourth-order valence-corrected chi connectivity index (χ4v) is 3.02. The van der Waals surface area contributed by atoms with Crippen LogP contribution in [-0.2, 0) is 7.05 Å². The van der Waals surface area contributed by atoms with Crippen molar-refractivity contribution in [3.63, 3.8) is 0 Å². The lowest BCUT2D eigenvalue weighted by molar-refractivity contribution is -0.155. The molecule has 0 radical (unpaired) electrons. The largest absolute Gasteiger partial charge is 0.413 e. The first-order valence-electron chi connectivity index (χ1n) is 8.97. The first-order chi connectivity index (χ1) is 13.6. The maximum atomic E-state index is 13.5. The van der Waals surface area contributed by atoms with E-state index in [4.69, 9.17) is 0 Å². The van der Waals surface area contributed by atoms with Gasteiger partial charge < -0.3 is 5.32 Å². The second kappa shape index (κ2) is 7.69. The molecule has 2 heterocycles. The average Bonchev–Trinajstić information content (AvgIpc) is 3.24. The predicted molar refractivity (Wildman–Crippen MR) is 99.7 cm³/mol. The summed E-state index contributed by atoms with van der Waals surface area (Å²) in [4.78, 5) is 16.6. The molecule has 0 fully saturated rings. The van der Waals surface area contributed by atoms with Gasteiger partial charge in [0.15, 0.2) is 6.04 Å². The third-order valence-corrected chi connectivity index (χ3v) is 4.42. The maximum Gasteiger partial charge on any atom is 0.413 e. The molecule has 0 spiro atoms. The van der Waals surface area contributed by atoms with E-state index in [1.807, 2.05) is 43.4 Å². The van der Waals surface area contributed by atoms with Crippen LogP contribution in [0.2, 0.25) is 0 Å². The van der Waals surface area contributed by atoms with Crippen molar-refractivity contribution < 1.29 is 18.0 Å². The smallest absolute Gasteiger partial charge is 0.334 e. The Balaban J connectivity index is 1.92. The number of aryl methyl sites for hydroxylation is 2. The Bertz CT molecular complexity index is 1020. The molecule has 0 aliphatic carbocycles. The summed E-state index contributed by atoms with van der Waals surface area (Å²) < 4.78 is 43.2. The van der Waals surface area contributed by atoms with E-state index >= 15 is 0 Å². The third-order valence-electron chi connectivity index (χ3n) is 4.42. The number of para-hydroxylation sites is 1. The van der Waals surface area contributed by atoms with Gasteiger partial charge in [-0.05, 0) is 24.5 Å². The molecule has 1 amide bonds. The molecule has 29 heavy (non-hydrogen) atoms. The summed E-state index contributed by atoms with van der Waals surface area (Å²) in [6, 6.07) is 5.26. The fourth-order valence-electron chi connectivity index (χ4n) is 3.02. The van der Waals surface area contributed by atoms with Crippen LogP contribution in [0.15, 0.2) is 36.7 Å². The molecule has 10 heteroatoms. The second-order valence-electron chi connectivity index (χ2n) is 7.00. The van der Waals surface area contributed by atoms with E-state index in [-0.39, 0.29) is 17.3 Å². The molecular weight excluding hydrogens is 385 g/mol. The molecule has 3 aromatic rings. The number of rotatable bonds is 5. The minimum Gasteiger partial charge on any atom is -0.334 e. The van der Waals surface area contributed by atoms with Crippen molar-refractivity contribution >= 4 is 5.91 Å². The molecule has 7 nitrogen and oxygen atoms in total. The molecule has 1 N–H and O–H groups in total. The van der Waals surface area contributed by atoms with Crippen molar-refractivity contribution in [1.82, 2.24) is 29.9 Å². The Morgan fingerprint density at radius 2 is 1.90 bits per heavy atom. The quantitative estimate of drug-likeness (QED) is 0.704. The molecular formula is C19H21F3N6O. The minimum atomic E-state index is -4.69. The van der Waals surface area contributed by atoms with E-state index < -0.39 is 18.1 Å². The second-order valence-corrected chi connectivity index (χ2v) is 7.00. The van der Waals surface area contributed by atoms with Crippen molar-refractivity contribution in [3.8, 4) is 5.69 Å². The Hall–Kier alpha value is -3.17. The molecule has 3 rings (SSSR count). The third kappa shape index (κ3) is 4.30. The monoisotopic (exact) mass is 406 g/mol. The van der Waals surface area contributed by atoms with Crippen molar-refractivity contribution in [2.24, 2.45) is 7.05 Å². The highest BCUT2D eigenvalue weighted by Gasteiger charge is 2.43. The molecule has 1 atom stereocenters. The van der Waals surface area contributed by atoms with Crippen molar-refractivity contribution in [2.45, 2.75) is 38.9 Å². The molecule has 0 unspecified atom stereocenters. The lowest BCUT2D eigenvalue weighted by Crippen LogP contribution is -2.38. The standard InChI is InChI=1S/C19H21F3N6O/c1-11(2)14-7-5-6-8-15(14)28-12(3)24-17(26-28)18(29)25-16(19(20,21)22)13-9-23-27(4)10-13/h5-11,16H,1-4H3,(H,25,29)/t16-/m1/s1. The van der Waals surface area contributed by atoms with Gasteiger partial charge in [0.2, 0.25) is 5.82 Å². The van der Waals surface area contributed by atoms with Crippen LogP contribution in [-0.4, -0.2) is 36.6 Å². The predicted octanol–water partition coefficient (Wildman–Crippen LogP) is 3.47. The van der Waals surface area contributed by atoms with E-state index in [1.165, 1.54) is 22.6 Å². The first-order valence-corrected chi connectivity index (χ1v) is 8.97. The molecule has 0 aliphatic heterocycles. The summed E-state index contributed by atoms with van der Waals surface area (Å²) in [6.07, 6.45) is -2.43. The number of aromatic nitrogens is 5. The van der Waals surface area contributed by atoms with E-state index in [1.54, 1.807) is 6.92 Å². The van der Waals surface area contributed by atoms with E-state index in [9.17, 15) is 18.0 Å². The number of amides is 1. The van der Waals surface area contributed by atoms with Gasteiger partial charge in [0.25, 0.3) is 5.91 Å². The summed E-state index contributed by atoms with van der Waals surface area (Å²) in [6.45, 7) is 5.67. The number of hydrogen-bond donors (Lipinski definition) is 1. The van der Waals surface area contributed by atoms with Gasteiger partial charge in [0, 0.05) is 18.8 Å². The Labute approximate surface area is 165 Å². The highest BCUT2D eigenvalue weighted by molar-refractivity contribution is 5.90. The fraction of sp³-hybridized carbons (Fsp3) is 0.368. The Kier molecular flexibility index (Phi) is 5.45. The Morgan fingerprint density at radius 1 is 1.21 bits per heavy atom. The first kappa shape index (κ1) is 20.6. The van der Waals surface area contributed by atoms with Gasteiger partial charge in [0.1, 0.15) is 5.82 Å². The van der Waals surface area contributed by atoms with E-state index in [0.717, 1.165) is 17.4 Å². The highest BCUT2D eigenvalue weighted by atomic mass is 19.4. The molecule has 0 bridgehead atoms. The van der Waals surface area contributed by atoms with E-state index in [2.05, 4.69) is 15.2 Å². The number of nitrogens with one attached hydrogen (secondary N) is 1. The SMILES string of the molecule is Cc1nc(C(=O)N[C@H](c2cnn(C)c2)C(F)(F)F)nn1-c1ccccc1C(C)C. The van der Waals surface area contributed by atoms with Crippen LogP contribution in [0.25, 0.3) is 5.69 Å². The molecule has 0 aliphatic rings. The number of benzene rings is 1. The lowest BCUT2D eigenvalue weighted by Gasteiger charge is -2.19. The zero-order valence-electron chi connectivity index (χ0n) is 16.4. The zero-order valence-corrected chi connectivity index (χ0v) is 16.4. The molecule has 154 valence electrons. The highest BCUT2D eigenvalue weighted by Crippen LogP contribution is 2.32. The topological polar surface area (TPSA) is 77.6 Å². The van der Waals surface area contributed by atoms with Crippen LogP contribution in [0.5, 0.6) is 0 Å². The van der Waals surface area contributed by atoms with Crippen LogP contribution in [0.3, 0.4) is 0 Å². The summed E-state index contributed by atoms with van der Waals surface area (Å²) in [5, 5.41) is 9.88. The normalized spacial score (nSPS) is 13.0. The molecule has 0 saturated heterocycles. The number of nitrogens with zero attached hydrogens (tertiary/aromatic N) is 5. The number of halogens is 3. The van der Waals surface area contributed by atoms with Crippen molar-refractivity contribution in [2.75, 3.05) is 0 Å². The Morgan fingerprint density at radius 3 is 2.48 bits per heavy atom. The lowest BCUT2D eigenvalue weighted by atomic mass is 10.0. The van der Waals surface area contributed by atoms with Crippen LogP contribution < -0.4 is 5.32 Å². The molecule has 2 aromatic heterocycles. The average molecular weight is 406 g/mol. The van der Waals surface area contributed by atoms with Crippen LogP contribution in [0.4, 0.5) is 13.2 Å². The van der Waals surface area contributed by atoms with Crippen LogP contribution >= 0.6 is 0 Å². The summed E-state index contributed by atoms with van der Waals surface area (Å²) in [5.74, 6) is -0.764. The van der Waals surface area contributed by atoms with Crippen molar-refractivity contribution in [1.29, 1.82) is 0 Å². The summed E-state index contributed by atoms with van der Waals surface area (Å²) >= 11 is 0. The molecule has 1 aromatic carbocycles. The number of carbonyl (C=O) groups is 1.